The summed E-state index contributed by atoms with van der Waals surface area (Å²) < 4.78 is 14.8. The summed E-state index contributed by atoms with van der Waals surface area (Å²) in [5.74, 6) is 1.24. The lowest BCUT2D eigenvalue weighted by Crippen LogP contribution is -2.37. The maximum Gasteiger partial charge on any atom is 0.253 e. The number of hydrogen-bond acceptors (Lipinski definition) is 2. The van der Waals surface area contributed by atoms with Gasteiger partial charge in [-0.1, -0.05) is 0 Å². The minimum absolute atomic E-state index is 0.751. The molecule has 86 valence electrons. The van der Waals surface area contributed by atoms with E-state index < -0.39 is 0 Å². The summed E-state index contributed by atoms with van der Waals surface area (Å²) in [6.07, 6.45) is 4.17. The van der Waals surface area contributed by atoms with Crippen LogP contribution in [0.5, 0.6) is 0 Å². The Morgan fingerprint density at radius 1 is 1.40 bits per heavy atom. The Balaban J connectivity index is 2.47. The lowest BCUT2D eigenvalue weighted by atomic mass is 10.5. The third-order valence-corrected chi connectivity index (χ3v) is 2.47. The highest BCUT2D eigenvalue weighted by atomic mass is 16.5. The predicted molar refractivity (Wildman–Crippen MR) is 57.7 cm³/mol. The molecule has 1 aromatic heterocycles. The Labute approximate surface area is 91.4 Å². The Morgan fingerprint density at radius 3 is 2.87 bits per heavy atom. The third kappa shape index (κ3) is 3.64. The van der Waals surface area contributed by atoms with Crippen LogP contribution in [0, 0.1) is 6.92 Å². The second-order valence-electron chi connectivity index (χ2n) is 3.42. The molecule has 1 aromatic rings. The van der Waals surface area contributed by atoms with Crippen LogP contribution in [0.3, 0.4) is 0 Å². The average molecular weight is 213 g/mol. The van der Waals surface area contributed by atoms with Gasteiger partial charge in [0.25, 0.3) is 5.82 Å². The molecular formula is C11H21N2O2+. The fourth-order valence-electron chi connectivity index (χ4n) is 1.51. The van der Waals surface area contributed by atoms with Crippen LogP contribution in [0.25, 0.3) is 0 Å². The van der Waals surface area contributed by atoms with Gasteiger partial charge in [0.1, 0.15) is 25.5 Å². The Hall–Kier alpha value is -0.870. The Morgan fingerprint density at radius 2 is 2.20 bits per heavy atom. The van der Waals surface area contributed by atoms with Gasteiger partial charge < -0.3 is 9.47 Å². The molecule has 0 radical (unpaired) electrons. The second-order valence-corrected chi connectivity index (χ2v) is 3.42. The van der Waals surface area contributed by atoms with Crippen molar-refractivity contribution in [2.75, 3.05) is 26.9 Å². The van der Waals surface area contributed by atoms with E-state index in [4.69, 9.17) is 9.47 Å². The first-order chi connectivity index (χ1) is 7.29. The normalized spacial score (nSPS) is 10.9. The molecule has 0 saturated heterocycles. The van der Waals surface area contributed by atoms with Gasteiger partial charge >= 0.3 is 0 Å². The fourth-order valence-corrected chi connectivity index (χ4v) is 1.51. The van der Waals surface area contributed by atoms with Crippen LogP contribution < -0.4 is 4.57 Å². The molecule has 0 aromatic carbocycles. The van der Waals surface area contributed by atoms with Gasteiger partial charge in [0, 0.05) is 20.6 Å². The zero-order chi connectivity index (χ0) is 11.1. The summed E-state index contributed by atoms with van der Waals surface area (Å²) in [4.78, 5) is 0. The van der Waals surface area contributed by atoms with Gasteiger partial charge in [0.15, 0.2) is 0 Å². The molecule has 0 aliphatic heterocycles. The Bertz CT molecular complexity index is 284. The maximum absolute atomic E-state index is 5.33. The first-order valence-electron chi connectivity index (χ1n) is 5.41. The van der Waals surface area contributed by atoms with Crippen molar-refractivity contribution in [1.29, 1.82) is 0 Å². The van der Waals surface area contributed by atoms with E-state index in [1.54, 1.807) is 7.11 Å². The molecule has 0 aliphatic carbocycles. The van der Waals surface area contributed by atoms with E-state index in [0.717, 1.165) is 32.9 Å². The van der Waals surface area contributed by atoms with E-state index in [1.165, 1.54) is 5.82 Å². The van der Waals surface area contributed by atoms with Crippen LogP contribution in [-0.2, 0) is 22.6 Å². The van der Waals surface area contributed by atoms with Crippen LogP contribution in [-0.4, -0.2) is 31.5 Å². The minimum atomic E-state index is 0.751. The van der Waals surface area contributed by atoms with Crippen molar-refractivity contribution in [2.45, 2.75) is 26.9 Å². The minimum Gasteiger partial charge on any atom is -0.381 e. The average Bonchev–Trinajstić information content (AvgIpc) is 2.58. The molecule has 0 unspecified atom stereocenters. The molecule has 1 rings (SSSR count). The monoisotopic (exact) mass is 213 g/mol. The standard InChI is InChI=1S/C11H21N2O2/c1-4-15-10-8-13-6-5-12(11(13)2)7-9-14-3/h5-6H,4,7-10H2,1-3H3/q+1. The summed E-state index contributed by atoms with van der Waals surface area (Å²) in [5.41, 5.74) is 0. The van der Waals surface area contributed by atoms with Crippen molar-refractivity contribution in [3.8, 4) is 0 Å². The molecular weight excluding hydrogens is 192 g/mol. The van der Waals surface area contributed by atoms with Crippen molar-refractivity contribution >= 4 is 0 Å². The van der Waals surface area contributed by atoms with Crippen molar-refractivity contribution in [2.24, 2.45) is 0 Å². The highest BCUT2D eigenvalue weighted by Gasteiger charge is 2.10. The number of aromatic nitrogens is 2. The van der Waals surface area contributed by atoms with E-state index in [1.807, 2.05) is 6.92 Å². The third-order valence-electron chi connectivity index (χ3n) is 2.47. The highest BCUT2D eigenvalue weighted by Crippen LogP contribution is 1.93. The first-order valence-corrected chi connectivity index (χ1v) is 5.41. The Kier molecular flexibility index (Phi) is 5.36. The van der Waals surface area contributed by atoms with Gasteiger partial charge in [-0.25, -0.2) is 9.13 Å². The number of hydrogen-bond donors (Lipinski definition) is 0. The number of methoxy groups -OCH3 is 1. The van der Waals surface area contributed by atoms with Crippen molar-refractivity contribution < 1.29 is 14.0 Å². The van der Waals surface area contributed by atoms with E-state index >= 15 is 0 Å². The molecule has 0 saturated carbocycles. The van der Waals surface area contributed by atoms with E-state index in [9.17, 15) is 0 Å². The van der Waals surface area contributed by atoms with Gasteiger partial charge in [-0.3, -0.25) is 0 Å². The fraction of sp³-hybridized carbons (Fsp3) is 0.727. The molecule has 15 heavy (non-hydrogen) atoms. The summed E-state index contributed by atoms with van der Waals surface area (Å²) in [6.45, 7) is 8.26. The van der Waals surface area contributed by atoms with E-state index in [-0.39, 0.29) is 0 Å². The van der Waals surface area contributed by atoms with Crippen LogP contribution in [0.2, 0.25) is 0 Å². The molecule has 1 heterocycles. The quantitative estimate of drug-likeness (QED) is 0.494. The lowest BCUT2D eigenvalue weighted by molar-refractivity contribution is -0.703. The maximum atomic E-state index is 5.33. The van der Waals surface area contributed by atoms with Crippen molar-refractivity contribution in [3.05, 3.63) is 18.2 Å². The van der Waals surface area contributed by atoms with Gasteiger partial charge in [0.2, 0.25) is 0 Å². The lowest BCUT2D eigenvalue weighted by Gasteiger charge is -2.01. The molecule has 0 spiro atoms. The van der Waals surface area contributed by atoms with Gasteiger partial charge in [0.05, 0.1) is 13.2 Å². The van der Waals surface area contributed by atoms with Crippen LogP contribution in [0.4, 0.5) is 0 Å². The number of nitrogens with zero attached hydrogens (tertiary/aromatic N) is 2. The van der Waals surface area contributed by atoms with Crippen LogP contribution in [0.1, 0.15) is 12.7 Å². The number of imidazole rings is 1. The molecule has 0 atom stereocenters. The summed E-state index contributed by atoms with van der Waals surface area (Å²) in [7, 11) is 1.72. The van der Waals surface area contributed by atoms with Crippen molar-refractivity contribution in [1.82, 2.24) is 4.57 Å². The zero-order valence-corrected chi connectivity index (χ0v) is 9.90. The van der Waals surface area contributed by atoms with E-state index in [2.05, 4.69) is 28.5 Å². The van der Waals surface area contributed by atoms with Crippen LogP contribution >= 0.6 is 0 Å². The topological polar surface area (TPSA) is 27.3 Å². The summed E-state index contributed by atoms with van der Waals surface area (Å²) in [5, 5.41) is 0. The highest BCUT2D eigenvalue weighted by molar-refractivity contribution is 4.79. The van der Waals surface area contributed by atoms with Crippen molar-refractivity contribution in [3.63, 3.8) is 0 Å². The second kappa shape index (κ2) is 6.58. The molecule has 0 amide bonds. The predicted octanol–water partition coefficient (Wildman–Crippen LogP) is 0.767. The number of rotatable bonds is 7. The summed E-state index contributed by atoms with van der Waals surface area (Å²) >= 11 is 0. The number of ether oxygens (including phenoxy) is 2. The molecule has 4 heteroatoms. The van der Waals surface area contributed by atoms with Gasteiger partial charge in [-0.2, -0.15) is 0 Å². The molecule has 4 nitrogen and oxygen atoms in total. The molecule has 0 N–H and O–H groups in total. The first kappa shape index (κ1) is 12.2. The van der Waals surface area contributed by atoms with Crippen LogP contribution in [0.15, 0.2) is 12.4 Å². The molecule has 0 aliphatic rings. The summed E-state index contributed by atoms with van der Waals surface area (Å²) in [6, 6.07) is 0. The van der Waals surface area contributed by atoms with Gasteiger partial charge in [-0.05, 0) is 6.92 Å². The van der Waals surface area contributed by atoms with Gasteiger partial charge in [-0.15, -0.1) is 0 Å². The SMILES string of the molecule is CCOCC[n+]1ccn(CCOC)c1C. The molecule has 0 bridgehead atoms. The molecule has 0 fully saturated rings. The zero-order valence-electron chi connectivity index (χ0n) is 9.90. The smallest absolute Gasteiger partial charge is 0.253 e. The van der Waals surface area contributed by atoms with E-state index in [0.29, 0.717) is 0 Å². The largest absolute Gasteiger partial charge is 0.381 e.